The van der Waals surface area contributed by atoms with E-state index in [0.29, 0.717) is 18.5 Å². The van der Waals surface area contributed by atoms with Gasteiger partial charge in [0, 0.05) is 12.6 Å². The average molecular weight is 236 g/mol. The number of nitrogens with zero attached hydrogens (tertiary/aromatic N) is 1. The maximum Gasteiger partial charge on any atom is 0.0774 e. The standard InChI is InChI=1S/C14H24N2O/c1-11-4-3-7-14(17,8-11)10-16-13-6-2-5-12(13)9-15/h11-13,16-17H,2-8,10H2,1H3. The molecule has 0 spiro atoms. The number of nitrogens with one attached hydrogen (secondary N) is 1. The number of aliphatic hydroxyl groups is 1. The molecule has 0 aromatic rings. The van der Waals surface area contributed by atoms with E-state index in [4.69, 9.17) is 5.26 Å². The molecule has 4 atom stereocenters. The molecule has 96 valence electrons. The highest BCUT2D eigenvalue weighted by molar-refractivity contribution is 4.98. The summed E-state index contributed by atoms with van der Waals surface area (Å²) in [5, 5.41) is 23.0. The van der Waals surface area contributed by atoms with Crippen molar-refractivity contribution in [3.05, 3.63) is 0 Å². The Morgan fingerprint density at radius 2 is 2.18 bits per heavy atom. The van der Waals surface area contributed by atoms with Crippen LogP contribution in [-0.4, -0.2) is 23.3 Å². The molecule has 0 bridgehead atoms. The first-order valence-electron chi connectivity index (χ1n) is 6.98. The summed E-state index contributed by atoms with van der Waals surface area (Å²) in [7, 11) is 0. The fourth-order valence-electron chi connectivity index (χ4n) is 3.47. The summed E-state index contributed by atoms with van der Waals surface area (Å²) in [5.74, 6) is 0.783. The summed E-state index contributed by atoms with van der Waals surface area (Å²) in [6.07, 6.45) is 7.44. The van der Waals surface area contributed by atoms with Gasteiger partial charge in [0.2, 0.25) is 0 Å². The maximum atomic E-state index is 10.5. The molecule has 2 aliphatic carbocycles. The van der Waals surface area contributed by atoms with E-state index in [9.17, 15) is 5.11 Å². The molecular weight excluding hydrogens is 212 g/mol. The Balaban J connectivity index is 1.83. The summed E-state index contributed by atoms with van der Waals surface area (Å²) >= 11 is 0. The molecule has 2 rings (SSSR count). The van der Waals surface area contributed by atoms with Gasteiger partial charge in [0.15, 0.2) is 0 Å². The lowest BCUT2D eigenvalue weighted by atomic mass is 9.79. The minimum Gasteiger partial charge on any atom is -0.389 e. The molecular formula is C14H24N2O. The Bertz CT molecular complexity index is 299. The molecule has 0 radical (unpaired) electrons. The Hall–Kier alpha value is -0.590. The topological polar surface area (TPSA) is 56.0 Å². The van der Waals surface area contributed by atoms with Crippen molar-refractivity contribution in [2.45, 2.75) is 63.5 Å². The molecule has 2 N–H and O–H groups in total. The van der Waals surface area contributed by atoms with Gasteiger partial charge in [-0.25, -0.2) is 0 Å². The van der Waals surface area contributed by atoms with Crippen LogP contribution in [0.2, 0.25) is 0 Å². The zero-order valence-electron chi connectivity index (χ0n) is 10.8. The second-order valence-electron chi connectivity index (χ2n) is 6.08. The zero-order chi connectivity index (χ0) is 12.3. The Labute approximate surface area is 104 Å². The Kier molecular flexibility index (Phi) is 4.06. The van der Waals surface area contributed by atoms with Crippen molar-refractivity contribution in [2.24, 2.45) is 11.8 Å². The van der Waals surface area contributed by atoms with Crippen LogP contribution >= 0.6 is 0 Å². The fraction of sp³-hybridized carbons (Fsp3) is 0.929. The first-order chi connectivity index (χ1) is 8.13. The molecule has 3 heteroatoms. The van der Waals surface area contributed by atoms with Crippen LogP contribution in [0.4, 0.5) is 0 Å². The van der Waals surface area contributed by atoms with Crippen molar-refractivity contribution < 1.29 is 5.11 Å². The van der Waals surface area contributed by atoms with Crippen molar-refractivity contribution in [3.8, 4) is 6.07 Å². The van der Waals surface area contributed by atoms with E-state index in [1.807, 2.05) is 0 Å². The number of hydrogen-bond acceptors (Lipinski definition) is 3. The fourth-order valence-corrected chi connectivity index (χ4v) is 3.47. The van der Waals surface area contributed by atoms with Crippen molar-refractivity contribution in [2.75, 3.05) is 6.54 Å². The van der Waals surface area contributed by atoms with E-state index in [-0.39, 0.29) is 5.92 Å². The monoisotopic (exact) mass is 236 g/mol. The minimum atomic E-state index is -0.528. The summed E-state index contributed by atoms with van der Waals surface area (Å²) < 4.78 is 0. The van der Waals surface area contributed by atoms with Crippen LogP contribution in [0.25, 0.3) is 0 Å². The van der Waals surface area contributed by atoms with E-state index in [2.05, 4.69) is 18.3 Å². The summed E-state index contributed by atoms with van der Waals surface area (Å²) in [4.78, 5) is 0. The molecule has 2 saturated carbocycles. The number of nitriles is 1. The lowest BCUT2D eigenvalue weighted by Gasteiger charge is -2.36. The van der Waals surface area contributed by atoms with Gasteiger partial charge in [0.25, 0.3) is 0 Å². The van der Waals surface area contributed by atoms with Gasteiger partial charge in [0.1, 0.15) is 0 Å². The number of hydrogen-bond donors (Lipinski definition) is 2. The smallest absolute Gasteiger partial charge is 0.0774 e. The second kappa shape index (κ2) is 5.37. The second-order valence-corrected chi connectivity index (χ2v) is 6.08. The molecule has 2 fully saturated rings. The Morgan fingerprint density at radius 1 is 1.35 bits per heavy atom. The van der Waals surface area contributed by atoms with Crippen molar-refractivity contribution in [1.82, 2.24) is 5.32 Å². The first kappa shape index (κ1) is 12.9. The van der Waals surface area contributed by atoms with Gasteiger partial charge >= 0.3 is 0 Å². The SMILES string of the molecule is CC1CCCC(O)(CNC2CCCC2C#N)C1. The quantitative estimate of drug-likeness (QED) is 0.790. The molecule has 17 heavy (non-hydrogen) atoms. The van der Waals surface area contributed by atoms with Gasteiger partial charge in [0.05, 0.1) is 17.6 Å². The van der Waals surface area contributed by atoms with Gasteiger partial charge in [-0.15, -0.1) is 0 Å². The van der Waals surface area contributed by atoms with Crippen molar-refractivity contribution in [3.63, 3.8) is 0 Å². The number of rotatable bonds is 3. The van der Waals surface area contributed by atoms with E-state index in [1.54, 1.807) is 0 Å². The van der Waals surface area contributed by atoms with Crippen molar-refractivity contribution >= 4 is 0 Å². The highest BCUT2D eigenvalue weighted by Gasteiger charge is 2.34. The first-order valence-corrected chi connectivity index (χ1v) is 6.98. The average Bonchev–Trinajstić information content (AvgIpc) is 2.73. The molecule has 0 aliphatic heterocycles. The van der Waals surface area contributed by atoms with Crippen LogP contribution in [0.3, 0.4) is 0 Å². The van der Waals surface area contributed by atoms with Gasteiger partial charge in [-0.3, -0.25) is 0 Å². The molecule has 0 heterocycles. The molecule has 3 nitrogen and oxygen atoms in total. The Morgan fingerprint density at radius 3 is 2.88 bits per heavy atom. The predicted octanol–water partition coefficient (Wildman–Crippen LogP) is 2.21. The van der Waals surface area contributed by atoms with Crippen LogP contribution in [0, 0.1) is 23.2 Å². The summed E-state index contributed by atoms with van der Waals surface area (Å²) in [6, 6.07) is 2.69. The maximum absolute atomic E-state index is 10.5. The molecule has 0 aromatic carbocycles. The molecule has 0 saturated heterocycles. The van der Waals surface area contributed by atoms with Gasteiger partial charge in [-0.1, -0.05) is 26.2 Å². The van der Waals surface area contributed by atoms with Gasteiger partial charge in [-0.2, -0.15) is 5.26 Å². The highest BCUT2D eigenvalue weighted by atomic mass is 16.3. The van der Waals surface area contributed by atoms with Crippen molar-refractivity contribution in [1.29, 1.82) is 5.26 Å². The van der Waals surface area contributed by atoms with Crippen LogP contribution in [0.15, 0.2) is 0 Å². The van der Waals surface area contributed by atoms with Gasteiger partial charge < -0.3 is 10.4 Å². The van der Waals surface area contributed by atoms with E-state index in [1.165, 1.54) is 6.42 Å². The third-order valence-corrected chi connectivity index (χ3v) is 4.44. The third kappa shape index (κ3) is 3.20. The lowest BCUT2D eigenvalue weighted by molar-refractivity contribution is -0.0141. The van der Waals surface area contributed by atoms with Crippen LogP contribution in [0.5, 0.6) is 0 Å². The van der Waals surface area contributed by atoms with Crippen LogP contribution < -0.4 is 5.32 Å². The third-order valence-electron chi connectivity index (χ3n) is 4.44. The molecule has 0 amide bonds. The molecule has 4 unspecified atom stereocenters. The minimum absolute atomic E-state index is 0.152. The van der Waals surface area contributed by atoms with E-state index < -0.39 is 5.60 Å². The normalized spacial score (nSPS) is 42.3. The largest absolute Gasteiger partial charge is 0.389 e. The zero-order valence-corrected chi connectivity index (χ0v) is 10.8. The van der Waals surface area contributed by atoms with Crippen LogP contribution in [0.1, 0.15) is 51.9 Å². The van der Waals surface area contributed by atoms with Gasteiger partial charge in [-0.05, 0) is 31.6 Å². The van der Waals surface area contributed by atoms with E-state index >= 15 is 0 Å². The predicted molar refractivity (Wildman–Crippen MR) is 67.3 cm³/mol. The molecule has 2 aliphatic rings. The van der Waals surface area contributed by atoms with Crippen LogP contribution in [-0.2, 0) is 0 Å². The lowest BCUT2D eigenvalue weighted by Crippen LogP contribution is -2.47. The summed E-state index contributed by atoms with van der Waals surface area (Å²) in [5.41, 5.74) is -0.528. The highest BCUT2D eigenvalue weighted by Crippen LogP contribution is 2.32. The van der Waals surface area contributed by atoms with E-state index in [0.717, 1.165) is 38.5 Å². The summed E-state index contributed by atoms with van der Waals surface area (Å²) in [6.45, 7) is 2.89. The molecule has 0 aromatic heterocycles.